The Bertz CT molecular complexity index is 784. The zero-order valence-electron chi connectivity index (χ0n) is 15.0. The number of aromatic nitrogens is 2. The van der Waals surface area contributed by atoms with Crippen molar-refractivity contribution in [2.75, 3.05) is 19.0 Å². The third kappa shape index (κ3) is 4.07. The maximum Gasteiger partial charge on any atom is 0.272 e. The normalized spacial score (nSPS) is 17.0. The summed E-state index contributed by atoms with van der Waals surface area (Å²) in [6.45, 7) is 2.91. The molecule has 1 unspecified atom stereocenters. The summed E-state index contributed by atoms with van der Waals surface area (Å²) in [4.78, 5) is 23.4. The van der Waals surface area contributed by atoms with E-state index in [0.29, 0.717) is 28.5 Å². The topological polar surface area (TPSA) is 67.4 Å². The van der Waals surface area contributed by atoms with Gasteiger partial charge in [0.1, 0.15) is 11.4 Å². The fourth-order valence-electron chi connectivity index (χ4n) is 3.25. The molecule has 26 heavy (non-hydrogen) atoms. The molecule has 3 rings (SSSR count). The largest absolute Gasteiger partial charge is 0.495 e. The van der Waals surface area contributed by atoms with Gasteiger partial charge in [-0.3, -0.25) is 4.79 Å². The van der Waals surface area contributed by atoms with Gasteiger partial charge in [0.05, 0.1) is 12.1 Å². The van der Waals surface area contributed by atoms with Gasteiger partial charge in [0.25, 0.3) is 5.91 Å². The van der Waals surface area contributed by atoms with E-state index < -0.39 is 0 Å². The van der Waals surface area contributed by atoms with E-state index in [0.717, 1.165) is 31.5 Å². The Balaban J connectivity index is 1.77. The van der Waals surface area contributed by atoms with Crippen molar-refractivity contribution in [1.29, 1.82) is 0 Å². The number of anilines is 2. The highest BCUT2D eigenvalue weighted by molar-refractivity contribution is 6.32. The lowest BCUT2D eigenvalue weighted by Gasteiger charge is -2.35. The van der Waals surface area contributed by atoms with E-state index in [4.69, 9.17) is 16.3 Å². The van der Waals surface area contributed by atoms with Crippen molar-refractivity contribution in [2.24, 2.45) is 0 Å². The Kier molecular flexibility index (Phi) is 5.93. The molecule has 2 aromatic rings. The molecule has 1 aromatic heterocycles. The summed E-state index contributed by atoms with van der Waals surface area (Å²) in [5.74, 6) is 0.926. The number of carbonyl (C=O) groups is 1. The predicted molar refractivity (Wildman–Crippen MR) is 102 cm³/mol. The number of ether oxygens (including phenoxy) is 1. The molecule has 0 aliphatic carbocycles. The van der Waals surface area contributed by atoms with Crippen LogP contribution in [0.15, 0.2) is 30.5 Å². The number of hydrogen-bond donors (Lipinski definition) is 1. The van der Waals surface area contributed by atoms with Crippen LogP contribution >= 0.6 is 11.6 Å². The molecule has 1 aliphatic rings. The van der Waals surface area contributed by atoms with Crippen LogP contribution in [0.1, 0.15) is 43.1 Å². The monoisotopic (exact) mass is 374 g/mol. The van der Waals surface area contributed by atoms with Gasteiger partial charge in [-0.2, -0.15) is 0 Å². The van der Waals surface area contributed by atoms with Gasteiger partial charge in [-0.05, 0) is 49.9 Å². The van der Waals surface area contributed by atoms with Crippen molar-refractivity contribution in [3.05, 3.63) is 41.2 Å². The molecule has 0 bridgehead atoms. The lowest BCUT2D eigenvalue weighted by Crippen LogP contribution is -2.43. The lowest BCUT2D eigenvalue weighted by atomic mass is 9.99. The Morgan fingerprint density at radius 1 is 1.38 bits per heavy atom. The second kappa shape index (κ2) is 8.36. The van der Waals surface area contributed by atoms with Crippen LogP contribution in [0.25, 0.3) is 0 Å². The average molecular weight is 375 g/mol. The van der Waals surface area contributed by atoms with Gasteiger partial charge < -0.3 is 15.0 Å². The van der Waals surface area contributed by atoms with E-state index in [1.165, 1.54) is 6.42 Å². The molecule has 1 N–H and O–H groups in total. The third-order valence-electron chi connectivity index (χ3n) is 4.64. The van der Waals surface area contributed by atoms with Crippen LogP contribution < -0.4 is 10.1 Å². The first-order chi connectivity index (χ1) is 12.6. The number of nitrogens with zero attached hydrogens (tertiary/aromatic N) is 3. The number of benzene rings is 1. The van der Waals surface area contributed by atoms with Crippen LogP contribution in [0.4, 0.5) is 11.6 Å². The minimum atomic E-state index is -0.0326. The van der Waals surface area contributed by atoms with Gasteiger partial charge in [0.2, 0.25) is 5.95 Å². The van der Waals surface area contributed by atoms with E-state index in [-0.39, 0.29) is 5.91 Å². The number of amides is 1. The summed E-state index contributed by atoms with van der Waals surface area (Å²) in [5, 5.41) is 3.58. The fraction of sp³-hybridized carbons (Fsp3) is 0.421. The molecule has 138 valence electrons. The van der Waals surface area contributed by atoms with Crippen LogP contribution in [-0.2, 0) is 0 Å². The Hall–Kier alpha value is -2.34. The van der Waals surface area contributed by atoms with Crippen molar-refractivity contribution in [2.45, 2.75) is 38.6 Å². The number of likely N-dealkylation sites (tertiary alicyclic amines) is 1. The zero-order chi connectivity index (χ0) is 18.5. The number of hydrogen-bond acceptors (Lipinski definition) is 5. The Morgan fingerprint density at radius 2 is 2.23 bits per heavy atom. The molecular weight excluding hydrogens is 352 g/mol. The molecule has 1 amide bonds. The number of halogens is 1. The molecule has 2 heterocycles. The SMILES string of the molecule is CCC1CCCCN1C(=O)c1ccnc(Nc2ccc(OC)c(Cl)c2)n1. The summed E-state index contributed by atoms with van der Waals surface area (Å²) in [6, 6.07) is 7.27. The fourth-order valence-corrected chi connectivity index (χ4v) is 3.51. The first-order valence-corrected chi connectivity index (χ1v) is 9.24. The number of nitrogens with one attached hydrogen (secondary N) is 1. The third-order valence-corrected chi connectivity index (χ3v) is 4.94. The van der Waals surface area contributed by atoms with Crippen molar-refractivity contribution in [1.82, 2.24) is 14.9 Å². The minimum Gasteiger partial charge on any atom is -0.495 e. The van der Waals surface area contributed by atoms with Crippen LogP contribution in [0.5, 0.6) is 5.75 Å². The van der Waals surface area contributed by atoms with Crippen molar-refractivity contribution in [3.8, 4) is 5.75 Å². The molecular formula is C19H23ClN4O2. The van der Waals surface area contributed by atoms with Gasteiger partial charge in [0, 0.05) is 24.5 Å². The second-order valence-corrected chi connectivity index (χ2v) is 6.70. The van der Waals surface area contributed by atoms with Crippen LogP contribution in [-0.4, -0.2) is 40.5 Å². The first kappa shape index (κ1) is 18.5. The van der Waals surface area contributed by atoms with E-state index in [1.807, 2.05) is 11.0 Å². The minimum absolute atomic E-state index is 0.0326. The predicted octanol–water partition coefficient (Wildman–Crippen LogP) is 4.29. The van der Waals surface area contributed by atoms with Crippen LogP contribution in [0.3, 0.4) is 0 Å². The Labute approximate surface area is 158 Å². The van der Waals surface area contributed by atoms with E-state index >= 15 is 0 Å². The van der Waals surface area contributed by atoms with Crippen molar-refractivity contribution >= 4 is 29.1 Å². The van der Waals surface area contributed by atoms with E-state index in [9.17, 15) is 4.79 Å². The summed E-state index contributed by atoms with van der Waals surface area (Å²) >= 11 is 6.14. The summed E-state index contributed by atoms with van der Waals surface area (Å²) < 4.78 is 5.15. The molecule has 7 heteroatoms. The standard InChI is InChI=1S/C19H23ClN4O2/c1-3-14-6-4-5-11-24(14)18(25)16-9-10-21-19(23-16)22-13-7-8-17(26-2)15(20)12-13/h7-10,12,14H,3-6,11H2,1-2H3,(H,21,22,23). The highest BCUT2D eigenvalue weighted by Gasteiger charge is 2.27. The first-order valence-electron chi connectivity index (χ1n) is 8.87. The lowest BCUT2D eigenvalue weighted by molar-refractivity contribution is 0.0602. The smallest absolute Gasteiger partial charge is 0.272 e. The quantitative estimate of drug-likeness (QED) is 0.845. The maximum atomic E-state index is 12.9. The van der Waals surface area contributed by atoms with E-state index in [2.05, 4.69) is 22.2 Å². The molecule has 1 saturated heterocycles. The number of rotatable bonds is 5. The number of piperidine rings is 1. The molecule has 0 saturated carbocycles. The van der Waals surface area contributed by atoms with Gasteiger partial charge in [-0.25, -0.2) is 9.97 Å². The highest BCUT2D eigenvalue weighted by Crippen LogP contribution is 2.28. The van der Waals surface area contributed by atoms with Gasteiger partial charge in [-0.1, -0.05) is 18.5 Å². The molecule has 1 atom stereocenters. The molecule has 1 fully saturated rings. The summed E-state index contributed by atoms with van der Waals surface area (Å²) in [5.41, 5.74) is 1.13. The highest BCUT2D eigenvalue weighted by atomic mass is 35.5. The van der Waals surface area contributed by atoms with Crippen molar-refractivity contribution < 1.29 is 9.53 Å². The Morgan fingerprint density at radius 3 is 2.96 bits per heavy atom. The molecule has 6 nitrogen and oxygen atoms in total. The molecule has 1 aliphatic heterocycles. The van der Waals surface area contributed by atoms with Crippen LogP contribution in [0, 0.1) is 0 Å². The summed E-state index contributed by atoms with van der Waals surface area (Å²) in [7, 11) is 1.57. The summed E-state index contributed by atoms with van der Waals surface area (Å²) in [6.07, 6.45) is 5.84. The second-order valence-electron chi connectivity index (χ2n) is 6.30. The molecule has 0 spiro atoms. The van der Waals surface area contributed by atoms with Crippen molar-refractivity contribution in [3.63, 3.8) is 0 Å². The average Bonchev–Trinajstić information content (AvgIpc) is 2.68. The van der Waals surface area contributed by atoms with Gasteiger partial charge in [-0.15, -0.1) is 0 Å². The molecule has 0 radical (unpaired) electrons. The maximum absolute atomic E-state index is 12.9. The number of carbonyl (C=O) groups excluding carboxylic acids is 1. The van der Waals surface area contributed by atoms with E-state index in [1.54, 1.807) is 31.5 Å². The zero-order valence-corrected chi connectivity index (χ0v) is 15.8. The van der Waals surface area contributed by atoms with Gasteiger partial charge in [0.15, 0.2) is 0 Å². The van der Waals surface area contributed by atoms with Crippen LogP contribution in [0.2, 0.25) is 5.02 Å². The molecule has 1 aromatic carbocycles. The van der Waals surface area contributed by atoms with Gasteiger partial charge >= 0.3 is 0 Å². The number of methoxy groups -OCH3 is 1.